The molecule has 1 aliphatic heterocycles. The Kier molecular flexibility index (Phi) is 10.2. The molecule has 2 heterocycles. The lowest BCUT2D eigenvalue weighted by Gasteiger charge is -2.35. The number of rotatable bonds is 13. The minimum atomic E-state index is -1.15. The number of nitrogens with zero attached hydrogens (tertiary/aromatic N) is 4. The Morgan fingerprint density at radius 3 is 2.36 bits per heavy atom. The summed E-state index contributed by atoms with van der Waals surface area (Å²) in [5, 5.41) is 14.4. The Morgan fingerprint density at radius 2 is 1.72 bits per heavy atom. The number of pyridine rings is 1. The number of carboxylic acid groups (broad SMARTS) is 1. The van der Waals surface area contributed by atoms with Gasteiger partial charge in [0.15, 0.2) is 0 Å². The van der Waals surface area contributed by atoms with E-state index in [9.17, 15) is 24.3 Å². The fraction of sp³-hybridized carbons (Fsp3) is 0.400. The van der Waals surface area contributed by atoms with Gasteiger partial charge in [-0.2, -0.15) is 0 Å². The predicted octanol–water partition coefficient (Wildman–Crippen LogP) is -0.0621. The zero-order chi connectivity index (χ0) is 25.8. The molecule has 3 rings (SSSR count). The molecule has 0 bridgehead atoms. The summed E-state index contributed by atoms with van der Waals surface area (Å²) in [6, 6.07) is 13.3. The van der Waals surface area contributed by atoms with Crippen LogP contribution in [0.4, 0.5) is 5.69 Å². The van der Waals surface area contributed by atoms with E-state index >= 15 is 0 Å². The van der Waals surface area contributed by atoms with Crippen LogP contribution < -0.4 is 15.5 Å². The summed E-state index contributed by atoms with van der Waals surface area (Å²) in [4.78, 5) is 57.3. The average molecular weight is 497 g/mol. The molecule has 0 spiro atoms. The first-order valence-corrected chi connectivity index (χ1v) is 11.8. The standard InChI is InChI=1S/C25H32N6O5/c32-19-31(11-8-20-4-2-1-3-5-20)22(16-25(35)36)28-23(33)17-27-24(34)18-29-12-14-30(15-13-29)21-6-9-26-10-7-21/h1-7,9-10,19,22H,8,11-18H2,(H,27,34)(H,28,33)(H,35,36). The van der Waals surface area contributed by atoms with E-state index in [-0.39, 0.29) is 25.5 Å². The largest absolute Gasteiger partial charge is 0.481 e. The molecule has 0 radical (unpaired) electrons. The SMILES string of the molecule is O=CN(CCc1ccccc1)C(CC(=O)O)NC(=O)CNC(=O)CN1CCN(c2ccncc2)CC1. The van der Waals surface area contributed by atoms with Crippen molar-refractivity contribution in [3.05, 3.63) is 60.4 Å². The van der Waals surface area contributed by atoms with Gasteiger partial charge in [-0.05, 0) is 24.1 Å². The number of aliphatic carboxylic acids is 1. The summed E-state index contributed by atoms with van der Waals surface area (Å²) in [5.41, 5.74) is 2.08. The zero-order valence-electron chi connectivity index (χ0n) is 20.1. The van der Waals surface area contributed by atoms with Crippen LogP contribution in [-0.2, 0) is 25.6 Å². The van der Waals surface area contributed by atoms with Crippen LogP contribution in [0.3, 0.4) is 0 Å². The number of carboxylic acids is 1. The van der Waals surface area contributed by atoms with Gasteiger partial charge in [-0.25, -0.2) is 0 Å². The molecule has 1 fully saturated rings. The molecule has 3 N–H and O–H groups in total. The van der Waals surface area contributed by atoms with Crippen molar-refractivity contribution in [1.29, 1.82) is 0 Å². The molecule has 0 saturated carbocycles. The molecular formula is C25H32N6O5. The first kappa shape index (κ1) is 26.6. The molecule has 3 amide bonds. The smallest absolute Gasteiger partial charge is 0.307 e. The highest BCUT2D eigenvalue weighted by Crippen LogP contribution is 2.14. The number of amides is 3. The van der Waals surface area contributed by atoms with E-state index in [1.54, 1.807) is 12.4 Å². The molecule has 1 unspecified atom stereocenters. The third kappa shape index (κ3) is 8.66. The average Bonchev–Trinajstić information content (AvgIpc) is 2.89. The molecule has 1 aromatic heterocycles. The van der Waals surface area contributed by atoms with Crippen LogP contribution in [0.25, 0.3) is 0 Å². The Morgan fingerprint density at radius 1 is 1.03 bits per heavy atom. The van der Waals surface area contributed by atoms with Crippen LogP contribution in [0.1, 0.15) is 12.0 Å². The molecular weight excluding hydrogens is 464 g/mol. The van der Waals surface area contributed by atoms with Crippen molar-refractivity contribution in [2.75, 3.05) is 50.7 Å². The fourth-order valence-electron chi connectivity index (χ4n) is 4.00. The number of carbonyl (C=O) groups excluding carboxylic acids is 3. The molecule has 2 aromatic rings. The van der Waals surface area contributed by atoms with Crippen molar-refractivity contribution in [3.63, 3.8) is 0 Å². The maximum atomic E-state index is 12.4. The number of hydrogen-bond donors (Lipinski definition) is 3. The number of hydrogen-bond acceptors (Lipinski definition) is 7. The zero-order valence-corrected chi connectivity index (χ0v) is 20.1. The molecule has 11 nitrogen and oxygen atoms in total. The highest BCUT2D eigenvalue weighted by Gasteiger charge is 2.23. The first-order chi connectivity index (χ1) is 17.4. The molecule has 36 heavy (non-hydrogen) atoms. The van der Waals surface area contributed by atoms with Crippen LogP contribution in [0, 0.1) is 0 Å². The molecule has 0 aliphatic carbocycles. The van der Waals surface area contributed by atoms with Crippen LogP contribution in [0.2, 0.25) is 0 Å². The maximum absolute atomic E-state index is 12.4. The molecule has 11 heteroatoms. The van der Waals surface area contributed by atoms with Crippen molar-refractivity contribution in [1.82, 2.24) is 25.4 Å². The van der Waals surface area contributed by atoms with Gasteiger partial charge in [-0.15, -0.1) is 0 Å². The van der Waals surface area contributed by atoms with Crippen LogP contribution >= 0.6 is 0 Å². The predicted molar refractivity (Wildman–Crippen MR) is 133 cm³/mol. The number of anilines is 1. The van der Waals surface area contributed by atoms with Crippen LogP contribution in [0.5, 0.6) is 0 Å². The Hall–Kier alpha value is -3.99. The van der Waals surface area contributed by atoms with Gasteiger partial charge in [-0.1, -0.05) is 30.3 Å². The summed E-state index contributed by atoms with van der Waals surface area (Å²) in [7, 11) is 0. The molecule has 1 aromatic carbocycles. The molecule has 192 valence electrons. The van der Waals surface area contributed by atoms with Gasteiger partial charge in [0.2, 0.25) is 18.2 Å². The lowest BCUT2D eigenvalue weighted by Crippen LogP contribution is -2.53. The van der Waals surface area contributed by atoms with Crippen molar-refractivity contribution in [2.45, 2.75) is 19.0 Å². The third-order valence-electron chi connectivity index (χ3n) is 5.95. The monoisotopic (exact) mass is 496 g/mol. The highest BCUT2D eigenvalue weighted by molar-refractivity contribution is 5.86. The second-order valence-corrected chi connectivity index (χ2v) is 8.51. The number of aromatic nitrogens is 1. The van der Waals surface area contributed by atoms with Gasteiger partial charge < -0.3 is 25.5 Å². The van der Waals surface area contributed by atoms with E-state index in [4.69, 9.17) is 0 Å². The fourth-order valence-corrected chi connectivity index (χ4v) is 4.00. The Balaban J connectivity index is 1.42. The van der Waals surface area contributed by atoms with Crippen molar-refractivity contribution >= 4 is 29.9 Å². The second kappa shape index (κ2) is 13.8. The third-order valence-corrected chi connectivity index (χ3v) is 5.95. The maximum Gasteiger partial charge on any atom is 0.307 e. The second-order valence-electron chi connectivity index (χ2n) is 8.51. The Bertz CT molecular complexity index is 999. The van der Waals surface area contributed by atoms with Gasteiger partial charge in [0.25, 0.3) is 0 Å². The Labute approximate surface area is 210 Å². The van der Waals surface area contributed by atoms with Crippen molar-refractivity contribution in [2.24, 2.45) is 0 Å². The van der Waals surface area contributed by atoms with Crippen LogP contribution in [0.15, 0.2) is 54.9 Å². The molecule has 1 aliphatic rings. The minimum absolute atomic E-state index is 0.160. The summed E-state index contributed by atoms with van der Waals surface area (Å²) in [6.45, 7) is 3.06. The van der Waals surface area contributed by atoms with E-state index in [1.807, 2.05) is 47.4 Å². The van der Waals surface area contributed by atoms with E-state index in [0.717, 1.165) is 24.3 Å². The summed E-state index contributed by atoms with van der Waals surface area (Å²) < 4.78 is 0. The highest BCUT2D eigenvalue weighted by atomic mass is 16.4. The summed E-state index contributed by atoms with van der Waals surface area (Å²) in [5.74, 6) is -2.01. The lowest BCUT2D eigenvalue weighted by atomic mass is 10.1. The van der Waals surface area contributed by atoms with Gasteiger partial charge in [0.1, 0.15) is 6.17 Å². The van der Waals surface area contributed by atoms with Crippen LogP contribution in [-0.4, -0.2) is 96.1 Å². The molecule has 1 atom stereocenters. The topological polar surface area (TPSA) is 135 Å². The van der Waals surface area contributed by atoms with Gasteiger partial charge >= 0.3 is 5.97 Å². The van der Waals surface area contributed by atoms with Crippen molar-refractivity contribution < 1.29 is 24.3 Å². The van der Waals surface area contributed by atoms with Gasteiger partial charge in [-0.3, -0.25) is 29.1 Å². The van der Waals surface area contributed by atoms with Gasteiger partial charge in [0.05, 0.1) is 19.5 Å². The quantitative estimate of drug-likeness (QED) is 0.259. The number of carbonyl (C=O) groups is 4. The number of piperazine rings is 1. The lowest BCUT2D eigenvalue weighted by molar-refractivity contribution is -0.140. The van der Waals surface area contributed by atoms with E-state index in [1.165, 1.54) is 4.90 Å². The number of nitrogens with one attached hydrogen (secondary N) is 2. The molecule has 1 saturated heterocycles. The summed E-state index contributed by atoms with van der Waals surface area (Å²) in [6.07, 6.45) is 3.07. The van der Waals surface area contributed by atoms with E-state index < -0.39 is 24.5 Å². The van der Waals surface area contributed by atoms with E-state index in [0.29, 0.717) is 25.9 Å². The van der Waals surface area contributed by atoms with Crippen molar-refractivity contribution in [3.8, 4) is 0 Å². The first-order valence-electron chi connectivity index (χ1n) is 11.8. The normalized spacial score (nSPS) is 14.5. The van der Waals surface area contributed by atoms with Gasteiger partial charge in [0, 0.05) is 50.8 Å². The minimum Gasteiger partial charge on any atom is -0.481 e. The summed E-state index contributed by atoms with van der Waals surface area (Å²) >= 11 is 0. The number of benzene rings is 1. The van der Waals surface area contributed by atoms with E-state index in [2.05, 4.69) is 20.5 Å².